The van der Waals surface area contributed by atoms with Crippen LogP contribution in [0.5, 0.6) is 0 Å². The summed E-state index contributed by atoms with van der Waals surface area (Å²) in [4.78, 5) is 48.5. The lowest BCUT2D eigenvalue weighted by Gasteiger charge is -2.18. The Morgan fingerprint density at radius 1 is 1.35 bits per heavy atom. The van der Waals surface area contributed by atoms with Crippen molar-refractivity contribution in [3.63, 3.8) is 0 Å². The van der Waals surface area contributed by atoms with Gasteiger partial charge in [-0.15, -0.1) is 0 Å². The zero-order valence-corrected chi connectivity index (χ0v) is 15.5. The van der Waals surface area contributed by atoms with Gasteiger partial charge in [0, 0.05) is 0 Å². The second-order valence-electron chi connectivity index (χ2n) is 6.20. The number of amides is 4. The van der Waals surface area contributed by atoms with Gasteiger partial charge in [-0.3, -0.25) is 19.3 Å². The van der Waals surface area contributed by atoms with E-state index in [2.05, 4.69) is 10.6 Å². The van der Waals surface area contributed by atoms with E-state index in [1.807, 2.05) is 6.92 Å². The summed E-state index contributed by atoms with van der Waals surface area (Å²) >= 11 is 6.01. The van der Waals surface area contributed by atoms with Crippen molar-refractivity contribution in [1.29, 1.82) is 0 Å². The maximum atomic E-state index is 12.2. The molecule has 1 aliphatic heterocycles. The number of carbonyl (C=O) groups is 4. The highest BCUT2D eigenvalue weighted by atomic mass is 35.5. The van der Waals surface area contributed by atoms with Gasteiger partial charge in [0.25, 0.3) is 11.8 Å². The molecule has 0 saturated carbocycles. The summed E-state index contributed by atoms with van der Waals surface area (Å²) in [6.07, 6.45) is 0.392. The van der Waals surface area contributed by atoms with E-state index in [1.165, 1.54) is 0 Å². The molecule has 4 amide bonds. The van der Waals surface area contributed by atoms with Crippen LogP contribution >= 0.6 is 11.6 Å². The van der Waals surface area contributed by atoms with Crippen LogP contribution < -0.4 is 10.6 Å². The molecule has 1 heterocycles. The molecule has 0 bridgehead atoms. The molecule has 1 atom stereocenters. The number of urea groups is 1. The van der Waals surface area contributed by atoms with Gasteiger partial charge < -0.3 is 15.4 Å². The van der Waals surface area contributed by atoms with Gasteiger partial charge in [0.1, 0.15) is 12.1 Å². The third-order valence-corrected chi connectivity index (χ3v) is 4.42. The quantitative estimate of drug-likeness (QED) is 0.578. The molecule has 1 aromatic rings. The van der Waals surface area contributed by atoms with Gasteiger partial charge in [0.2, 0.25) is 0 Å². The van der Waals surface area contributed by atoms with Gasteiger partial charge in [-0.25, -0.2) is 4.79 Å². The number of rotatable bonds is 6. The molecular formula is C17H20ClN3O5. The fourth-order valence-electron chi connectivity index (χ4n) is 2.36. The minimum absolute atomic E-state index is 0.364. The Hall–Kier alpha value is -2.61. The second-order valence-corrected chi connectivity index (χ2v) is 6.61. The van der Waals surface area contributed by atoms with Crippen LogP contribution in [-0.4, -0.2) is 47.4 Å². The first-order valence-electron chi connectivity index (χ1n) is 8.02. The zero-order valence-electron chi connectivity index (χ0n) is 14.7. The molecule has 1 aromatic carbocycles. The van der Waals surface area contributed by atoms with Gasteiger partial charge in [0.15, 0.2) is 6.61 Å². The lowest BCUT2D eigenvalue weighted by molar-refractivity contribution is -0.150. The number of hydrogen-bond donors (Lipinski definition) is 2. The number of nitrogens with zero attached hydrogens (tertiary/aromatic N) is 1. The standard InChI is InChI=1S/C17H20ClN3O5/c1-4-17(3)15(24)21(16(25)20-17)8-14(23)26-9-13(22)19-12-6-5-10(2)7-11(12)18/h5-7H,4,8-9H2,1-3H3,(H,19,22)(H,20,25). The average molecular weight is 382 g/mol. The summed E-state index contributed by atoms with van der Waals surface area (Å²) in [6, 6.07) is 4.43. The first-order valence-corrected chi connectivity index (χ1v) is 8.40. The molecule has 1 fully saturated rings. The van der Waals surface area contributed by atoms with Crippen LogP contribution in [0.15, 0.2) is 18.2 Å². The number of aryl methyl sites for hydroxylation is 1. The Bertz CT molecular complexity index is 767. The Balaban J connectivity index is 1.86. The number of carbonyl (C=O) groups excluding carboxylic acids is 4. The molecular weight excluding hydrogens is 362 g/mol. The lowest BCUT2D eigenvalue weighted by atomic mass is 9.99. The molecule has 1 saturated heterocycles. The van der Waals surface area contributed by atoms with Crippen molar-refractivity contribution in [3.8, 4) is 0 Å². The van der Waals surface area contributed by atoms with Gasteiger partial charge in [-0.2, -0.15) is 0 Å². The Morgan fingerprint density at radius 2 is 2.04 bits per heavy atom. The number of halogens is 1. The molecule has 0 spiro atoms. The van der Waals surface area contributed by atoms with E-state index >= 15 is 0 Å². The Kier molecular flexibility index (Phi) is 5.86. The predicted octanol–water partition coefficient (Wildman–Crippen LogP) is 1.85. The van der Waals surface area contributed by atoms with Crippen molar-refractivity contribution in [2.75, 3.05) is 18.5 Å². The van der Waals surface area contributed by atoms with Crippen molar-refractivity contribution < 1.29 is 23.9 Å². The maximum Gasteiger partial charge on any atom is 0.326 e. The van der Waals surface area contributed by atoms with E-state index in [0.29, 0.717) is 17.1 Å². The van der Waals surface area contributed by atoms with Crippen molar-refractivity contribution in [2.45, 2.75) is 32.7 Å². The molecule has 9 heteroatoms. The number of imide groups is 1. The van der Waals surface area contributed by atoms with Gasteiger partial charge in [-0.05, 0) is 38.0 Å². The number of esters is 1. The number of benzene rings is 1. The van der Waals surface area contributed by atoms with E-state index in [9.17, 15) is 19.2 Å². The molecule has 0 aliphatic carbocycles. The summed E-state index contributed by atoms with van der Waals surface area (Å²) in [5.41, 5.74) is 0.301. The highest BCUT2D eigenvalue weighted by Crippen LogP contribution is 2.23. The summed E-state index contributed by atoms with van der Waals surface area (Å²) < 4.78 is 4.83. The summed E-state index contributed by atoms with van der Waals surface area (Å²) in [5.74, 6) is -1.95. The molecule has 2 rings (SSSR count). The molecule has 0 aromatic heterocycles. The highest BCUT2D eigenvalue weighted by Gasteiger charge is 2.47. The fraction of sp³-hybridized carbons (Fsp3) is 0.412. The van der Waals surface area contributed by atoms with Crippen LogP contribution in [-0.2, 0) is 19.1 Å². The van der Waals surface area contributed by atoms with Gasteiger partial charge >= 0.3 is 12.0 Å². The molecule has 1 unspecified atom stereocenters. The summed E-state index contributed by atoms with van der Waals surface area (Å²) in [5, 5.41) is 5.41. The van der Waals surface area contributed by atoms with Crippen LogP contribution in [0.2, 0.25) is 5.02 Å². The van der Waals surface area contributed by atoms with Crippen LogP contribution in [0, 0.1) is 6.92 Å². The Labute approximate surface area is 155 Å². The smallest absolute Gasteiger partial charge is 0.326 e. The van der Waals surface area contributed by atoms with Crippen LogP contribution in [0.25, 0.3) is 0 Å². The van der Waals surface area contributed by atoms with Crippen molar-refractivity contribution in [1.82, 2.24) is 10.2 Å². The lowest BCUT2D eigenvalue weighted by Crippen LogP contribution is -2.43. The third kappa shape index (κ3) is 4.32. The third-order valence-electron chi connectivity index (χ3n) is 4.10. The maximum absolute atomic E-state index is 12.2. The number of ether oxygens (including phenoxy) is 1. The van der Waals surface area contributed by atoms with Gasteiger partial charge in [0.05, 0.1) is 10.7 Å². The zero-order chi connectivity index (χ0) is 19.5. The SMILES string of the molecule is CCC1(C)NC(=O)N(CC(=O)OCC(=O)Nc2ccc(C)cc2Cl)C1=O. The summed E-state index contributed by atoms with van der Waals surface area (Å²) in [7, 11) is 0. The Morgan fingerprint density at radius 3 is 2.62 bits per heavy atom. The molecule has 1 aliphatic rings. The van der Waals surface area contributed by atoms with E-state index in [-0.39, 0.29) is 0 Å². The van der Waals surface area contributed by atoms with E-state index in [1.54, 1.807) is 32.0 Å². The van der Waals surface area contributed by atoms with Crippen LogP contribution in [0.4, 0.5) is 10.5 Å². The number of hydrogen-bond acceptors (Lipinski definition) is 5. The predicted molar refractivity (Wildman–Crippen MR) is 94.7 cm³/mol. The minimum atomic E-state index is -1.03. The second kappa shape index (κ2) is 7.74. The molecule has 2 N–H and O–H groups in total. The van der Waals surface area contributed by atoms with Gasteiger partial charge in [-0.1, -0.05) is 24.6 Å². The normalized spacial score (nSPS) is 19.3. The summed E-state index contributed by atoms with van der Waals surface area (Å²) in [6.45, 7) is 4.08. The molecule has 0 radical (unpaired) electrons. The molecule has 26 heavy (non-hydrogen) atoms. The van der Waals surface area contributed by atoms with Crippen LogP contribution in [0.1, 0.15) is 25.8 Å². The van der Waals surface area contributed by atoms with Crippen LogP contribution in [0.3, 0.4) is 0 Å². The first-order chi connectivity index (χ1) is 12.2. The average Bonchev–Trinajstić information content (AvgIpc) is 2.79. The minimum Gasteiger partial charge on any atom is -0.454 e. The number of nitrogens with one attached hydrogen (secondary N) is 2. The van der Waals surface area contributed by atoms with Crippen molar-refractivity contribution in [3.05, 3.63) is 28.8 Å². The van der Waals surface area contributed by atoms with E-state index in [0.717, 1.165) is 10.5 Å². The topological polar surface area (TPSA) is 105 Å². The van der Waals surface area contributed by atoms with E-state index in [4.69, 9.17) is 16.3 Å². The largest absolute Gasteiger partial charge is 0.454 e. The first kappa shape index (κ1) is 19.7. The fourth-order valence-corrected chi connectivity index (χ4v) is 2.64. The number of anilines is 1. The van der Waals surface area contributed by atoms with E-state index < -0.39 is 42.5 Å². The highest BCUT2D eigenvalue weighted by molar-refractivity contribution is 6.33. The van der Waals surface area contributed by atoms with Crippen molar-refractivity contribution in [2.24, 2.45) is 0 Å². The molecule has 140 valence electrons. The molecule has 8 nitrogen and oxygen atoms in total. The van der Waals surface area contributed by atoms with Crippen molar-refractivity contribution >= 4 is 41.1 Å². The monoisotopic (exact) mass is 381 g/mol.